The molecule has 7 nitrogen and oxygen atoms in total. The second-order valence-corrected chi connectivity index (χ2v) is 6.15. The van der Waals surface area contributed by atoms with Crippen molar-refractivity contribution >= 4 is 39.1 Å². The van der Waals surface area contributed by atoms with E-state index in [9.17, 15) is 20.0 Å². The van der Waals surface area contributed by atoms with Gasteiger partial charge in [-0.05, 0) is 29.8 Å². The molecule has 4 aromatic rings. The average Bonchev–Trinajstić information content (AvgIpc) is 3.06. The number of thiazole rings is 1. The summed E-state index contributed by atoms with van der Waals surface area (Å²) < 4.78 is 1.95. The SMILES string of the molecule is O=c1/c(=C/c2ccc(O)c([N+](=O)[O-])c2)sc2nc3ccccc3n12. The Hall–Kier alpha value is -3.26. The number of fused-ring (bicyclic) bond motifs is 3. The zero-order valence-corrected chi connectivity index (χ0v) is 12.9. The van der Waals surface area contributed by atoms with Crippen LogP contribution in [0.3, 0.4) is 0 Å². The Morgan fingerprint density at radius 3 is 2.83 bits per heavy atom. The number of hydrogen-bond donors (Lipinski definition) is 1. The summed E-state index contributed by atoms with van der Waals surface area (Å²) >= 11 is 1.21. The van der Waals surface area contributed by atoms with Gasteiger partial charge >= 0.3 is 5.69 Å². The molecule has 0 aliphatic carbocycles. The molecule has 118 valence electrons. The van der Waals surface area contributed by atoms with Crippen molar-refractivity contribution < 1.29 is 10.0 Å². The van der Waals surface area contributed by atoms with Crippen molar-refractivity contribution in [1.29, 1.82) is 0 Å². The van der Waals surface area contributed by atoms with Gasteiger partial charge in [-0.25, -0.2) is 9.38 Å². The first-order valence-electron chi connectivity index (χ1n) is 6.94. The van der Waals surface area contributed by atoms with Crippen LogP contribution in [0.5, 0.6) is 5.75 Å². The number of phenolic OH excluding ortho intramolecular Hbond substituents is 1. The van der Waals surface area contributed by atoms with Gasteiger partial charge in [0, 0.05) is 6.07 Å². The fourth-order valence-corrected chi connectivity index (χ4v) is 3.53. The van der Waals surface area contributed by atoms with Crippen LogP contribution in [0.15, 0.2) is 47.3 Å². The van der Waals surface area contributed by atoms with E-state index < -0.39 is 16.4 Å². The smallest absolute Gasteiger partial charge is 0.311 e. The number of para-hydroxylation sites is 2. The highest BCUT2D eigenvalue weighted by atomic mass is 32.1. The first-order valence-corrected chi connectivity index (χ1v) is 7.75. The van der Waals surface area contributed by atoms with Crippen LogP contribution in [0.25, 0.3) is 22.1 Å². The second kappa shape index (κ2) is 5.14. The molecule has 8 heteroatoms. The Bertz CT molecular complexity index is 1230. The number of phenols is 1. The second-order valence-electron chi connectivity index (χ2n) is 5.14. The Morgan fingerprint density at radius 2 is 2.04 bits per heavy atom. The number of imidazole rings is 1. The maximum Gasteiger partial charge on any atom is 0.311 e. The summed E-state index contributed by atoms with van der Waals surface area (Å²) in [6.45, 7) is 0. The number of nitro groups is 1. The van der Waals surface area contributed by atoms with Crippen LogP contribution in [0.1, 0.15) is 5.56 Å². The van der Waals surface area contributed by atoms with Crippen molar-refractivity contribution in [3.8, 4) is 5.75 Å². The average molecular weight is 339 g/mol. The Morgan fingerprint density at radius 1 is 1.25 bits per heavy atom. The van der Waals surface area contributed by atoms with Gasteiger partial charge < -0.3 is 5.11 Å². The molecule has 0 unspecified atom stereocenters. The largest absolute Gasteiger partial charge is 0.502 e. The number of aromatic hydroxyl groups is 1. The van der Waals surface area contributed by atoms with Gasteiger partial charge in [-0.3, -0.25) is 14.9 Å². The maximum atomic E-state index is 12.6. The normalized spacial score (nSPS) is 12.2. The van der Waals surface area contributed by atoms with E-state index in [4.69, 9.17) is 0 Å². The quantitative estimate of drug-likeness (QED) is 0.445. The predicted molar refractivity (Wildman–Crippen MR) is 90.4 cm³/mol. The van der Waals surface area contributed by atoms with Crippen molar-refractivity contribution in [2.24, 2.45) is 0 Å². The lowest BCUT2D eigenvalue weighted by atomic mass is 10.2. The molecule has 4 rings (SSSR count). The van der Waals surface area contributed by atoms with Crippen molar-refractivity contribution in [2.75, 3.05) is 0 Å². The van der Waals surface area contributed by atoms with Crippen molar-refractivity contribution in [3.05, 3.63) is 73.0 Å². The van der Waals surface area contributed by atoms with Gasteiger partial charge in [-0.1, -0.05) is 29.5 Å². The summed E-state index contributed by atoms with van der Waals surface area (Å²) in [5, 5.41) is 20.4. The van der Waals surface area contributed by atoms with Crippen LogP contribution >= 0.6 is 11.3 Å². The number of benzene rings is 2. The summed E-state index contributed by atoms with van der Waals surface area (Å²) in [5.74, 6) is -0.411. The van der Waals surface area contributed by atoms with Gasteiger partial charge in [0.25, 0.3) is 5.56 Å². The van der Waals surface area contributed by atoms with Gasteiger partial charge in [0.2, 0.25) is 0 Å². The van der Waals surface area contributed by atoms with E-state index in [1.165, 1.54) is 33.9 Å². The summed E-state index contributed by atoms with van der Waals surface area (Å²) in [7, 11) is 0. The zero-order valence-electron chi connectivity index (χ0n) is 12.0. The summed E-state index contributed by atoms with van der Waals surface area (Å²) in [5.41, 5.74) is 1.31. The summed E-state index contributed by atoms with van der Waals surface area (Å²) in [6, 6.07) is 11.3. The molecule has 0 aliphatic heterocycles. The minimum atomic E-state index is -0.667. The standard InChI is InChI=1S/C16H9N3O4S/c20-13-6-5-9(7-12(13)19(22)23)8-14-15(21)18-11-4-2-1-3-10(11)17-16(18)24-14/h1-8,20H/b14-8-. The Kier molecular flexibility index (Phi) is 3.07. The van der Waals surface area contributed by atoms with Crippen molar-refractivity contribution in [2.45, 2.75) is 0 Å². The lowest BCUT2D eigenvalue weighted by Gasteiger charge is -1.96. The highest BCUT2D eigenvalue weighted by Crippen LogP contribution is 2.26. The molecule has 2 heterocycles. The molecule has 0 amide bonds. The molecule has 24 heavy (non-hydrogen) atoms. The third-order valence-corrected chi connectivity index (χ3v) is 4.61. The number of hydrogen-bond acceptors (Lipinski definition) is 6. The number of nitrogens with zero attached hydrogens (tertiary/aromatic N) is 3. The molecule has 1 N–H and O–H groups in total. The third kappa shape index (κ3) is 2.12. The molecular weight excluding hydrogens is 330 g/mol. The molecule has 0 bridgehead atoms. The first-order chi connectivity index (χ1) is 11.5. The molecule has 2 aromatic heterocycles. The van der Waals surface area contributed by atoms with Crippen LogP contribution in [0.2, 0.25) is 0 Å². The molecule has 2 aromatic carbocycles. The number of aromatic nitrogens is 2. The lowest BCUT2D eigenvalue weighted by Crippen LogP contribution is -2.22. The highest BCUT2D eigenvalue weighted by molar-refractivity contribution is 7.15. The monoisotopic (exact) mass is 339 g/mol. The van der Waals surface area contributed by atoms with E-state index in [1.807, 2.05) is 24.3 Å². The molecule has 0 spiro atoms. The Balaban J connectivity index is 1.95. The maximum absolute atomic E-state index is 12.6. The van der Waals surface area contributed by atoms with Crippen LogP contribution in [0.4, 0.5) is 5.69 Å². The minimum Gasteiger partial charge on any atom is -0.502 e. The highest BCUT2D eigenvalue weighted by Gasteiger charge is 2.14. The molecule has 0 saturated carbocycles. The number of nitro benzene ring substituents is 1. The van der Waals surface area contributed by atoms with Gasteiger partial charge in [0.1, 0.15) is 0 Å². The Labute approximate surface area is 137 Å². The molecule has 0 fully saturated rings. The molecule has 0 radical (unpaired) electrons. The van der Waals surface area contributed by atoms with Gasteiger partial charge in [0.15, 0.2) is 10.7 Å². The van der Waals surface area contributed by atoms with Gasteiger partial charge in [0.05, 0.1) is 20.5 Å². The van der Waals surface area contributed by atoms with E-state index in [1.54, 1.807) is 6.08 Å². The number of rotatable bonds is 2. The minimum absolute atomic E-state index is 0.223. The molecule has 0 saturated heterocycles. The molecule has 0 atom stereocenters. The van der Waals surface area contributed by atoms with E-state index in [0.717, 1.165) is 11.0 Å². The topological polar surface area (TPSA) is 97.7 Å². The van der Waals surface area contributed by atoms with Crippen LogP contribution in [-0.2, 0) is 0 Å². The lowest BCUT2D eigenvalue weighted by molar-refractivity contribution is -0.385. The van der Waals surface area contributed by atoms with E-state index >= 15 is 0 Å². The first kappa shape index (κ1) is 14.3. The molecular formula is C16H9N3O4S. The summed E-state index contributed by atoms with van der Waals surface area (Å²) in [4.78, 5) is 27.8. The van der Waals surface area contributed by atoms with E-state index in [0.29, 0.717) is 15.1 Å². The van der Waals surface area contributed by atoms with Crippen molar-refractivity contribution in [3.63, 3.8) is 0 Å². The fraction of sp³-hybridized carbons (Fsp3) is 0. The zero-order chi connectivity index (χ0) is 16.8. The fourth-order valence-electron chi connectivity index (χ4n) is 2.54. The van der Waals surface area contributed by atoms with E-state index in [-0.39, 0.29) is 5.56 Å². The van der Waals surface area contributed by atoms with Crippen LogP contribution in [0, 0.1) is 10.1 Å². The molecule has 0 aliphatic rings. The van der Waals surface area contributed by atoms with E-state index in [2.05, 4.69) is 4.98 Å². The van der Waals surface area contributed by atoms with Crippen LogP contribution in [-0.4, -0.2) is 19.4 Å². The van der Waals surface area contributed by atoms with Gasteiger partial charge in [-0.2, -0.15) is 0 Å². The third-order valence-electron chi connectivity index (χ3n) is 3.64. The summed E-state index contributed by atoms with van der Waals surface area (Å²) in [6.07, 6.45) is 1.56. The van der Waals surface area contributed by atoms with Gasteiger partial charge in [-0.15, -0.1) is 0 Å². The van der Waals surface area contributed by atoms with Crippen LogP contribution < -0.4 is 10.1 Å². The predicted octanol–water partition coefficient (Wildman–Crippen LogP) is 2.07. The van der Waals surface area contributed by atoms with Crippen molar-refractivity contribution in [1.82, 2.24) is 9.38 Å².